The van der Waals surface area contributed by atoms with Crippen molar-refractivity contribution < 1.29 is 33.5 Å². The van der Waals surface area contributed by atoms with Crippen molar-refractivity contribution in [1.82, 2.24) is 0 Å². The third-order valence-corrected chi connectivity index (χ3v) is 9.86. The van der Waals surface area contributed by atoms with E-state index in [-0.39, 0.29) is 19.2 Å². The third kappa shape index (κ3) is 8.27. The van der Waals surface area contributed by atoms with E-state index in [1.165, 1.54) is 38.5 Å². The Morgan fingerprint density at radius 3 is 2.45 bits per heavy atom. The first kappa shape index (κ1) is 33.4. The predicted molar refractivity (Wildman–Crippen MR) is 158 cm³/mol. The minimum Gasteiger partial charge on any atom is -0.387 e. The van der Waals surface area contributed by atoms with Crippen LogP contribution in [0.1, 0.15) is 85.5 Å². The lowest BCUT2D eigenvalue weighted by molar-refractivity contribution is -0.164. The van der Waals surface area contributed by atoms with Crippen LogP contribution in [-0.4, -0.2) is 70.7 Å². The molecule has 3 aliphatic rings. The molecule has 0 unspecified atom stereocenters. The van der Waals surface area contributed by atoms with E-state index in [4.69, 9.17) is 28.4 Å². The van der Waals surface area contributed by atoms with Crippen molar-refractivity contribution >= 4 is 0 Å². The number of ether oxygens (including phenoxy) is 6. The molecule has 0 aromatic rings. The molecule has 0 radical (unpaired) electrons. The summed E-state index contributed by atoms with van der Waals surface area (Å²) in [5.41, 5.74) is 3.62. The molecule has 0 aromatic carbocycles. The van der Waals surface area contributed by atoms with E-state index in [9.17, 15) is 5.11 Å². The summed E-state index contributed by atoms with van der Waals surface area (Å²) >= 11 is 0. The molecule has 0 aromatic heterocycles. The summed E-state index contributed by atoms with van der Waals surface area (Å²) in [5.74, 6) is 2.06. The number of allylic oxidation sites excluding steroid dienone is 3. The Kier molecular flexibility index (Phi) is 12.9. The monoisotopic (exact) mass is 564 g/mol. The van der Waals surface area contributed by atoms with Gasteiger partial charge < -0.3 is 33.5 Å². The SMILES string of the molecule is C=C1/C(=C\C=C2/CCC[C@]3(C)[C@@H]([C@H](C)CCCC(C)(C)OCOC)CC[C@@H]23)C[C@@H](OCOC)[C@@H](O)[C@@H]1OCOC. The van der Waals surface area contributed by atoms with Crippen LogP contribution < -0.4 is 0 Å². The molecule has 0 spiro atoms. The van der Waals surface area contributed by atoms with E-state index in [1.807, 2.05) is 0 Å². The maximum absolute atomic E-state index is 10.9. The van der Waals surface area contributed by atoms with Gasteiger partial charge in [-0.2, -0.15) is 0 Å². The van der Waals surface area contributed by atoms with Gasteiger partial charge in [-0.3, -0.25) is 0 Å². The smallest absolute Gasteiger partial charge is 0.147 e. The largest absolute Gasteiger partial charge is 0.387 e. The second-order valence-corrected chi connectivity index (χ2v) is 13.0. The first-order valence-electron chi connectivity index (χ1n) is 15.2. The van der Waals surface area contributed by atoms with Crippen molar-refractivity contribution in [2.45, 2.75) is 109 Å². The summed E-state index contributed by atoms with van der Waals surface area (Å²) in [6.45, 7) is 14.2. The first-order chi connectivity index (χ1) is 19.1. The van der Waals surface area contributed by atoms with Crippen LogP contribution in [0.15, 0.2) is 35.5 Å². The fraction of sp³-hybridized carbons (Fsp3) is 0.818. The molecule has 7 atom stereocenters. The van der Waals surface area contributed by atoms with Gasteiger partial charge in [-0.15, -0.1) is 0 Å². The average Bonchev–Trinajstić information content (AvgIpc) is 3.28. The second kappa shape index (κ2) is 15.4. The number of methoxy groups -OCH3 is 3. The molecule has 0 saturated heterocycles. The Morgan fingerprint density at radius 2 is 1.75 bits per heavy atom. The fourth-order valence-electron chi connectivity index (χ4n) is 7.64. The maximum atomic E-state index is 10.9. The summed E-state index contributed by atoms with van der Waals surface area (Å²) in [4.78, 5) is 0. The Bertz CT molecular complexity index is 865. The van der Waals surface area contributed by atoms with Gasteiger partial charge in [0.1, 0.15) is 32.6 Å². The van der Waals surface area contributed by atoms with Crippen molar-refractivity contribution in [3.05, 3.63) is 35.5 Å². The van der Waals surface area contributed by atoms with E-state index < -0.39 is 18.3 Å². The number of rotatable bonds is 15. The van der Waals surface area contributed by atoms with E-state index >= 15 is 0 Å². The Hall–Kier alpha value is -1.06. The van der Waals surface area contributed by atoms with Crippen LogP contribution in [0.2, 0.25) is 0 Å². The van der Waals surface area contributed by atoms with Crippen molar-refractivity contribution in [1.29, 1.82) is 0 Å². The normalized spacial score (nSPS) is 34.0. The molecule has 0 aliphatic heterocycles. The lowest BCUT2D eigenvalue weighted by atomic mass is 9.60. The molecule has 7 nitrogen and oxygen atoms in total. The van der Waals surface area contributed by atoms with Crippen LogP contribution in [0.5, 0.6) is 0 Å². The van der Waals surface area contributed by atoms with Crippen LogP contribution in [-0.2, 0) is 28.4 Å². The number of hydrogen-bond donors (Lipinski definition) is 1. The topological polar surface area (TPSA) is 75.6 Å². The molecule has 3 aliphatic carbocycles. The van der Waals surface area contributed by atoms with Crippen molar-refractivity contribution in [2.24, 2.45) is 23.2 Å². The second-order valence-electron chi connectivity index (χ2n) is 13.0. The lowest BCUT2D eigenvalue weighted by Gasteiger charge is -2.44. The zero-order valence-electron chi connectivity index (χ0n) is 26.2. The van der Waals surface area contributed by atoms with Gasteiger partial charge in [0.25, 0.3) is 0 Å². The summed E-state index contributed by atoms with van der Waals surface area (Å²) in [7, 11) is 4.84. The summed E-state index contributed by atoms with van der Waals surface area (Å²) < 4.78 is 32.8. The molecule has 7 heteroatoms. The lowest BCUT2D eigenvalue weighted by Crippen LogP contribution is -2.46. The summed E-state index contributed by atoms with van der Waals surface area (Å²) in [5, 5.41) is 10.9. The predicted octanol–water partition coefficient (Wildman–Crippen LogP) is 6.56. The molecule has 1 N–H and O–H groups in total. The minimum absolute atomic E-state index is 0.0871. The molecular weight excluding hydrogens is 508 g/mol. The van der Waals surface area contributed by atoms with Crippen LogP contribution in [0.25, 0.3) is 0 Å². The zero-order valence-corrected chi connectivity index (χ0v) is 26.2. The highest BCUT2D eigenvalue weighted by Crippen LogP contribution is 2.60. The standard InChI is InChI=1S/C33H56O7/c1-23(11-9-17-32(3,4)40-22-37-8)27-15-16-28-25(12-10-18-33(27,28)5)13-14-26-19-29(38-20-35-6)30(34)31(24(26)2)39-21-36-7/h13-14,23,27-31,34H,2,9-12,15-22H2,1,3-8H3/b25-13+,26-14-/t23-,27-,28+,29-,30-,31-,33-/m1/s1. The highest BCUT2D eigenvalue weighted by Gasteiger charge is 2.50. The Labute approximate surface area is 243 Å². The zero-order chi connectivity index (χ0) is 29.3. The van der Waals surface area contributed by atoms with Crippen LogP contribution in [0.3, 0.4) is 0 Å². The number of fused-ring (bicyclic) bond motifs is 1. The van der Waals surface area contributed by atoms with E-state index in [0.29, 0.717) is 30.5 Å². The quantitative estimate of drug-likeness (QED) is 0.226. The molecule has 0 amide bonds. The number of hydrogen-bond acceptors (Lipinski definition) is 7. The highest BCUT2D eigenvalue weighted by molar-refractivity contribution is 5.40. The summed E-state index contributed by atoms with van der Waals surface area (Å²) in [6, 6.07) is 0. The third-order valence-electron chi connectivity index (χ3n) is 9.86. The highest BCUT2D eigenvalue weighted by atomic mass is 16.7. The molecule has 0 bridgehead atoms. The summed E-state index contributed by atoms with van der Waals surface area (Å²) in [6.07, 6.45) is 13.1. The molecule has 3 saturated carbocycles. The van der Waals surface area contributed by atoms with Crippen LogP contribution in [0.4, 0.5) is 0 Å². The molecule has 3 fully saturated rings. The maximum Gasteiger partial charge on any atom is 0.147 e. The molecule has 230 valence electrons. The average molecular weight is 565 g/mol. The first-order valence-corrected chi connectivity index (χ1v) is 15.2. The van der Waals surface area contributed by atoms with Crippen LogP contribution in [0, 0.1) is 23.2 Å². The van der Waals surface area contributed by atoms with Gasteiger partial charge in [0.05, 0.1) is 11.7 Å². The number of aliphatic hydroxyl groups excluding tert-OH is 1. The van der Waals surface area contributed by atoms with Crippen molar-refractivity contribution in [2.75, 3.05) is 41.7 Å². The van der Waals surface area contributed by atoms with Gasteiger partial charge in [0.2, 0.25) is 0 Å². The van der Waals surface area contributed by atoms with Crippen molar-refractivity contribution in [3.8, 4) is 0 Å². The van der Waals surface area contributed by atoms with Gasteiger partial charge >= 0.3 is 0 Å². The van der Waals surface area contributed by atoms with Gasteiger partial charge in [-0.25, -0.2) is 0 Å². The minimum atomic E-state index is -0.824. The molecule has 0 heterocycles. The number of aliphatic hydroxyl groups is 1. The molecular formula is C33H56O7. The van der Waals surface area contributed by atoms with Gasteiger partial charge in [0.15, 0.2) is 0 Å². The van der Waals surface area contributed by atoms with Crippen LogP contribution >= 0.6 is 0 Å². The Morgan fingerprint density at radius 1 is 1.05 bits per heavy atom. The molecule has 3 rings (SSSR count). The van der Waals surface area contributed by atoms with E-state index in [1.54, 1.807) is 26.9 Å². The van der Waals surface area contributed by atoms with Gasteiger partial charge in [-0.1, -0.05) is 51.0 Å². The van der Waals surface area contributed by atoms with E-state index in [0.717, 1.165) is 29.9 Å². The van der Waals surface area contributed by atoms with Gasteiger partial charge in [-0.05, 0) is 86.7 Å². The molecule has 40 heavy (non-hydrogen) atoms. The van der Waals surface area contributed by atoms with E-state index in [2.05, 4.69) is 46.4 Å². The van der Waals surface area contributed by atoms with Gasteiger partial charge in [0, 0.05) is 27.8 Å². The Balaban J connectivity index is 1.70. The fourth-order valence-corrected chi connectivity index (χ4v) is 7.64. The van der Waals surface area contributed by atoms with Crippen molar-refractivity contribution in [3.63, 3.8) is 0 Å².